The fourth-order valence-corrected chi connectivity index (χ4v) is 0.973. The Morgan fingerprint density at radius 3 is 2.92 bits per heavy atom. The van der Waals surface area contributed by atoms with E-state index in [1.54, 1.807) is 12.3 Å². The van der Waals surface area contributed by atoms with E-state index in [-0.39, 0.29) is 18.4 Å². The number of thiazole rings is 1. The molecule has 0 amide bonds. The third-order valence-electron chi connectivity index (χ3n) is 1.01. The highest BCUT2D eigenvalue weighted by molar-refractivity contribution is 7.13. The molecule has 0 bridgehead atoms. The summed E-state index contributed by atoms with van der Waals surface area (Å²) in [5.41, 5.74) is 5.31. The number of nitrogen functional groups attached to an aromatic ring is 1. The lowest BCUT2D eigenvalue weighted by molar-refractivity contribution is -0.134. The van der Waals surface area contributed by atoms with Crippen LogP contribution in [0.2, 0.25) is 0 Å². The fourth-order valence-electron chi connectivity index (χ4n) is 0.508. The van der Waals surface area contributed by atoms with Crippen molar-refractivity contribution in [3.63, 3.8) is 0 Å². The molecule has 1 aromatic heterocycles. The molecule has 0 fully saturated rings. The van der Waals surface area contributed by atoms with Crippen LogP contribution in [0.5, 0.6) is 5.88 Å². The van der Waals surface area contributed by atoms with Gasteiger partial charge in [-0.3, -0.25) is 4.79 Å². The predicted octanol–water partition coefficient (Wildman–Crippen LogP) is 1.46. The molecule has 0 spiro atoms. The second-order valence-corrected chi connectivity index (χ2v) is 2.74. The monoisotopic (exact) mass is 208 g/mol. The van der Waals surface area contributed by atoms with Gasteiger partial charge >= 0.3 is 5.97 Å². The van der Waals surface area contributed by atoms with Crippen LogP contribution in [-0.2, 0) is 4.79 Å². The maximum atomic E-state index is 10.7. The van der Waals surface area contributed by atoms with E-state index in [9.17, 15) is 4.79 Å². The largest absolute Gasteiger partial charge is 0.406 e. The van der Waals surface area contributed by atoms with Crippen LogP contribution in [0.3, 0.4) is 0 Å². The zero-order valence-electron chi connectivity index (χ0n) is 6.44. The highest BCUT2D eigenvalue weighted by Crippen LogP contribution is 2.17. The lowest BCUT2D eigenvalue weighted by atomic mass is 10.5. The van der Waals surface area contributed by atoms with Gasteiger partial charge in [0.05, 0.1) is 5.38 Å². The summed E-state index contributed by atoms with van der Waals surface area (Å²) in [5, 5.41) is 2.01. The summed E-state index contributed by atoms with van der Waals surface area (Å²) >= 11 is 1.25. The number of nitrogens with two attached hydrogens (primary N) is 1. The number of anilines is 1. The Labute approximate surface area is 80.2 Å². The minimum absolute atomic E-state index is 0. The molecule has 12 heavy (non-hydrogen) atoms. The Kier molecular flexibility index (Phi) is 4.61. The van der Waals surface area contributed by atoms with E-state index in [0.29, 0.717) is 17.4 Å². The third kappa shape index (κ3) is 3.06. The molecule has 0 aliphatic heterocycles. The van der Waals surface area contributed by atoms with Crippen LogP contribution in [0.1, 0.15) is 13.3 Å². The van der Waals surface area contributed by atoms with Gasteiger partial charge in [-0.15, -0.1) is 23.7 Å². The van der Waals surface area contributed by atoms with Gasteiger partial charge in [-0.05, 0) is 0 Å². The van der Waals surface area contributed by atoms with Gasteiger partial charge in [-0.1, -0.05) is 6.92 Å². The number of rotatable bonds is 2. The maximum absolute atomic E-state index is 10.7. The standard InChI is InChI=1S/C6H8N2O2S.ClH/c1-2-5(9)10-4-3-11-6(7)8-4;/h3H,2H2,1H3,(H2,7,8);1H. The van der Waals surface area contributed by atoms with E-state index >= 15 is 0 Å². The van der Waals surface area contributed by atoms with Gasteiger partial charge in [-0.25, -0.2) is 0 Å². The van der Waals surface area contributed by atoms with Crippen molar-refractivity contribution in [2.45, 2.75) is 13.3 Å². The zero-order chi connectivity index (χ0) is 8.27. The molecule has 0 atom stereocenters. The lowest BCUT2D eigenvalue weighted by Crippen LogP contribution is -2.05. The zero-order valence-corrected chi connectivity index (χ0v) is 8.08. The Morgan fingerprint density at radius 1 is 1.83 bits per heavy atom. The van der Waals surface area contributed by atoms with Crippen LogP contribution in [0, 0.1) is 0 Å². The van der Waals surface area contributed by atoms with E-state index in [4.69, 9.17) is 10.5 Å². The number of carbonyl (C=O) groups excluding carboxylic acids is 1. The van der Waals surface area contributed by atoms with Gasteiger partial charge in [0.15, 0.2) is 5.13 Å². The second-order valence-electron chi connectivity index (χ2n) is 1.85. The van der Waals surface area contributed by atoms with E-state index in [1.165, 1.54) is 11.3 Å². The second kappa shape index (κ2) is 4.95. The van der Waals surface area contributed by atoms with Crippen molar-refractivity contribution < 1.29 is 9.53 Å². The third-order valence-corrected chi connectivity index (χ3v) is 1.66. The maximum Gasteiger partial charge on any atom is 0.312 e. The minimum atomic E-state index is -0.296. The van der Waals surface area contributed by atoms with E-state index in [1.807, 2.05) is 0 Å². The molecule has 4 nitrogen and oxygen atoms in total. The normalized spacial score (nSPS) is 8.75. The Morgan fingerprint density at radius 2 is 2.50 bits per heavy atom. The topological polar surface area (TPSA) is 65.2 Å². The van der Waals surface area contributed by atoms with Crippen molar-refractivity contribution in [2.75, 3.05) is 5.73 Å². The Bertz CT molecular complexity index is 264. The van der Waals surface area contributed by atoms with Crippen molar-refractivity contribution in [2.24, 2.45) is 0 Å². The van der Waals surface area contributed by atoms with E-state index in [0.717, 1.165) is 0 Å². The van der Waals surface area contributed by atoms with Gasteiger partial charge in [-0.2, -0.15) is 4.98 Å². The van der Waals surface area contributed by atoms with Gasteiger partial charge < -0.3 is 10.5 Å². The summed E-state index contributed by atoms with van der Waals surface area (Å²) in [6.45, 7) is 1.72. The smallest absolute Gasteiger partial charge is 0.312 e. The van der Waals surface area contributed by atoms with Crippen LogP contribution in [0.15, 0.2) is 5.38 Å². The molecule has 68 valence electrons. The summed E-state index contributed by atoms with van der Waals surface area (Å²) in [5.74, 6) is -0.00495. The molecule has 0 aliphatic rings. The molecule has 6 heteroatoms. The van der Waals surface area contributed by atoms with Gasteiger partial charge in [0.25, 0.3) is 0 Å². The van der Waals surface area contributed by atoms with Crippen molar-refractivity contribution >= 4 is 34.8 Å². The minimum Gasteiger partial charge on any atom is -0.406 e. The number of nitrogens with zero attached hydrogens (tertiary/aromatic N) is 1. The Hall–Kier alpha value is -0.810. The van der Waals surface area contributed by atoms with Crippen LogP contribution in [0.4, 0.5) is 5.13 Å². The first-order valence-electron chi connectivity index (χ1n) is 3.14. The molecule has 1 heterocycles. The number of halogens is 1. The van der Waals surface area contributed by atoms with Gasteiger partial charge in [0, 0.05) is 6.42 Å². The van der Waals surface area contributed by atoms with Crippen molar-refractivity contribution in [1.29, 1.82) is 0 Å². The quantitative estimate of drug-likeness (QED) is 0.748. The van der Waals surface area contributed by atoms with Crippen LogP contribution in [0.25, 0.3) is 0 Å². The molecule has 1 rings (SSSR count). The summed E-state index contributed by atoms with van der Waals surface area (Å²) in [6.07, 6.45) is 0.345. The average Bonchev–Trinajstić information content (AvgIpc) is 2.35. The molecular formula is C6H9ClN2O2S. The first-order chi connectivity index (χ1) is 5.22. The number of hydrogen-bond donors (Lipinski definition) is 1. The highest BCUT2D eigenvalue weighted by Gasteiger charge is 2.03. The van der Waals surface area contributed by atoms with E-state index in [2.05, 4.69) is 4.98 Å². The molecule has 0 aliphatic carbocycles. The van der Waals surface area contributed by atoms with Crippen LogP contribution >= 0.6 is 23.7 Å². The molecule has 0 radical (unpaired) electrons. The fraction of sp³-hybridized carbons (Fsp3) is 0.333. The van der Waals surface area contributed by atoms with E-state index < -0.39 is 0 Å². The summed E-state index contributed by atoms with van der Waals surface area (Å²) < 4.78 is 4.76. The first-order valence-corrected chi connectivity index (χ1v) is 4.02. The molecule has 0 aromatic carbocycles. The average molecular weight is 209 g/mol. The molecule has 0 saturated carbocycles. The molecule has 0 unspecified atom stereocenters. The van der Waals surface area contributed by atoms with Crippen LogP contribution < -0.4 is 10.5 Å². The van der Waals surface area contributed by atoms with Crippen molar-refractivity contribution in [1.82, 2.24) is 4.98 Å². The first kappa shape index (κ1) is 11.2. The molecule has 1 aromatic rings. The van der Waals surface area contributed by atoms with Gasteiger partial charge in [0.2, 0.25) is 5.88 Å². The Balaban J connectivity index is 0.00000121. The number of ether oxygens (including phenoxy) is 1. The predicted molar refractivity (Wildman–Crippen MR) is 49.7 cm³/mol. The van der Waals surface area contributed by atoms with Gasteiger partial charge in [0.1, 0.15) is 0 Å². The van der Waals surface area contributed by atoms with Crippen molar-refractivity contribution in [3.8, 4) is 5.88 Å². The SMILES string of the molecule is CCC(=O)Oc1csc(N)n1.Cl. The molecule has 2 N–H and O–H groups in total. The number of aromatic nitrogens is 1. The number of hydrogen-bond acceptors (Lipinski definition) is 5. The van der Waals surface area contributed by atoms with Crippen LogP contribution in [-0.4, -0.2) is 11.0 Å². The lowest BCUT2D eigenvalue weighted by Gasteiger charge is -1.94. The molecular weight excluding hydrogens is 200 g/mol. The number of carbonyl (C=O) groups is 1. The summed E-state index contributed by atoms with van der Waals surface area (Å²) in [7, 11) is 0. The highest BCUT2D eigenvalue weighted by atomic mass is 35.5. The molecule has 0 saturated heterocycles. The summed E-state index contributed by atoms with van der Waals surface area (Å²) in [4.78, 5) is 14.4. The summed E-state index contributed by atoms with van der Waals surface area (Å²) in [6, 6.07) is 0. The number of esters is 1. The van der Waals surface area contributed by atoms with Crippen molar-refractivity contribution in [3.05, 3.63) is 5.38 Å².